The Kier molecular flexibility index (Phi) is 6.53. The number of aromatic nitrogens is 1. The van der Waals surface area contributed by atoms with Crippen molar-refractivity contribution < 1.29 is 14.3 Å². The first-order valence-electron chi connectivity index (χ1n) is 9.93. The highest BCUT2D eigenvalue weighted by atomic mass is 79.9. The molecule has 32 heavy (non-hydrogen) atoms. The van der Waals surface area contributed by atoms with E-state index >= 15 is 0 Å². The zero-order valence-electron chi connectivity index (χ0n) is 17.8. The smallest absolute Gasteiger partial charge is 0.227 e. The van der Waals surface area contributed by atoms with Gasteiger partial charge in [-0.25, -0.2) is 4.98 Å². The summed E-state index contributed by atoms with van der Waals surface area (Å²) in [4.78, 5) is 11.2. The molecule has 3 aromatic carbocycles. The molecule has 0 saturated heterocycles. The van der Waals surface area contributed by atoms with Gasteiger partial charge in [0.1, 0.15) is 5.52 Å². The van der Waals surface area contributed by atoms with Crippen LogP contribution in [-0.2, 0) is 0 Å². The Morgan fingerprint density at radius 2 is 1.88 bits per heavy atom. The number of ether oxygens (including phenoxy) is 1. The van der Waals surface area contributed by atoms with Crippen molar-refractivity contribution in [1.29, 1.82) is 0 Å². The molecule has 0 spiro atoms. The number of fused-ring (bicyclic) bond motifs is 1. The number of hydrogen-bond acceptors (Lipinski definition) is 6. The van der Waals surface area contributed by atoms with Crippen LogP contribution >= 0.6 is 31.9 Å². The number of rotatable bonds is 6. The molecule has 164 valence electrons. The normalized spacial score (nSPS) is 11.4. The van der Waals surface area contributed by atoms with E-state index in [1.54, 1.807) is 12.3 Å². The lowest BCUT2D eigenvalue weighted by Gasteiger charge is -2.11. The molecule has 0 saturated carbocycles. The van der Waals surface area contributed by atoms with E-state index < -0.39 is 0 Å². The van der Waals surface area contributed by atoms with Crippen LogP contribution in [0.15, 0.2) is 66.9 Å². The van der Waals surface area contributed by atoms with Crippen LogP contribution in [0.5, 0.6) is 11.5 Å². The van der Waals surface area contributed by atoms with Gasteiger partial charge in [-0.3, -0.25) is 4.99 Å². The van der Waals surface area contributed by atoms with Gasteiger partial charge in [0.05, 0.1) is 17.9 Å². The monoisotopic (exact) mass is 557 g/mol. The summed E-state index contributed by atoms with van der Waals surface area (Å²) >= 11 is 6.96. The first-order chi connectivity index (χ1) is 15.4. The first-order valence-corrected chi connectivity index (χ1v) is 11.5. The van der Waals surface area contributed by atoms with Gasteiger partial charge in [-0.05, 0) is 87.3 Å². The summed E-state index contributed by atoms with van der Waals surface area (Å²) in [6, 6.07) is 15.3. The summed E-state index contributed by atoms with van der Waals surface area (Å²) in [7, 11) is 4.00. The fourth-order valence-electron chi connectivity index (χ4n) is 3.16. The van der Waals surface area contributed by atoms with Gasteiger partial charge in [-0.1, -0.05) is 0 Å². The van der Waals surface area contributed by atoms with E-state index in [-0.39, 0.29) is 5.75 Å². The number of aliphatic imine (C=N–C) groups is 1. The molecule has 6 nitrogen and oxygen atoms in total. The molecular weight excluding hydrogens is 538 g/mol. The predicted molar refractivity (Wildman–Crippen MR) is 136 cm³/mol. The molecule has 4 rings (SSSR count). The van der Waals surface area contributed by atoms with Gasteiger partial charge in [-0.2, -0.15) is 0 Å². The van der Waals surface area contributed by atoms with Crippen LogP contribution in [0.3, 0.4) is 0 Å². The number of hydrogen-bond donors (Lipinski definition) is 1. The molecule has 0 aliphatic carbocycles. The van der Waals surface area contributed by atoms with Crippen molar-refractivity contribution in [3.05, 3.63) is 63.0 Å². The molecule has 1 heterocycles. The molecule has 8 heteroatoms. The van der Waals surface area contributed by atoms with Crippen molar-refractivity contribution in [3.63, 3.8) is 0 Å². The van der Waals surface area contributed by atoms with Crippen molar-refractivity contribution in [1.82, 2.24) is 4.98 Å². The molecule has 0 aliphatic heterocycles. The maximum absolute atomic E-state index is 10.6. The van der Waals surface area contributed by atoms with Gasteiger partial charge in [0.25, 0.3) is 0 Å². The van der Waals surface area contributed by atoms with Crippen molar-refractivity contribution in [2.24, 2.45) is 4.99 Å². The van der Waals surface area contributed by atoms with Crippen molar-refractivity contribution in [2.75, 3.05) is 25.6 Å². The zero-order chi connectivity index (χ0) is 22.8. The zero-order valence-corrected chi connectivity index (χ0v) is 20.9. The van der Waals surface area contributed by atoms with E-state index in [1.165, 1.54) is 0 Å². The Bertz CT molecular complexity index is 1300. The SMILES string of the molecule is CCOc1cc(Br)c(Br)c(C=Nc2ccc3oc(-c4ccc(N(C)C)cc4)nc3c2)c1O. The quantitative estimate of drug-likeness (QED) is 0.259. The highest BCUT2D eigenvalue weighted by Gasteiger charge is 2.15. The van der Waals surface area contributed by atoms with Gasteiger partial charge in [0, 0.05) is 40.5 Å². The van der Waals surface area contributed by atoms with Crippen LogP contribution in [0.2, 0.25) is 0 Å². The molecule has 0 amide bonds. The van der Waals surface area contributed by atoms with Crippen LogP contribution in [0.4, 0.5) is 11.4 Å². The Balaban J connectivity index is 1.65. The topological polar surface area (TPSA) is 71.1 Å². The molecule has 0 radical (unpaired) electrons. The third-order valence-corrected chi connectivity index (χ3v) is 6.85. The van der Waals surface area contributed by atoms with Gasteiger partial charge < -0.3 is 19.2 Å². The van der Waals surface area contributed by atoms with Gasteiger partial charge in [-0.15, -0.1) is 0 Å². The Morgan fingerprint density at radius 1 is 1.12 bits per heavy atom. The van der Waals surface area contributed by atoms with Gasteiger partial charge >= 0.3 is 0 Å². The number of anilines is 1. The van der Waals surface area contributed by atoms with Crippen LogP contribution in [0, 0.1) is 0 Å². The number of oxazole rings is 1. The average Bonchev–Trinajstić information content (AvgIpc) is 3.21. The second kappa shape index (κ2) is 9.34. The molecule has 0 fully saturated rings. The molecule has 0 aliphatic rings. The third kappa shape index (κ3) is 4.52. The molecular formula is C24H21Br2N3O3. The maximum atomic E-state index is 10.6. The summed E-state index contributed by atoms with van der Waals surface area (Å²) in [5.74, 6) is 0.970. The van der Waals surface area contributed by atoms with Crippen LogP contribution < -0.4 is 9.64 Å². The van der Waals surface area contributed by atoms with Crippen molar-refractivity contribution >= 4 is 60.5 Å². The second-order valence-electron chi connectivity index (χ2n) is 7.24. The summed E-state index contributed by atoms with van der Waals surface area (Å²) in [5.41, 5.74) is 4.60. The van der Waals surface area contributed by atoms with Gasteiger partial charge in [0.15, 0.2) is 17.1 Å². The lowest BCUT2D eigenvalue weighted by atomic mass is 10.2. The standard InChI is InChI=1S/C24H21Br2N3O3/c1-4-31-21-12-18(25)22(26)17(23(21)30)13-27-15-7-10-20-19(11-15)28-24(32-20)14-5-8-16(9-6-14)29(2)3/h5-13,30H,4H2,1-3H3. The summed E-state index contributed by atoms with van der Waals surface area (Å²) in [6.07, 6.45) is 1.59. The Morgan fingerprint density at radius 3 is 2.56 bits per heavy atom. The average molecular weight is 559 g/mol. The highest BCUT2D eigenvalue weighted by Crippen LogP contribution is 2.40. The summed E-state index contributed by atoms with van der Waals surface area (Å²) in [5, 5.41) is 10.6. The van der Waals surface area contributed by atoms with E-state index in [0.29, 0.717) is 45.1 Å². The van der Waals surface area contributed by atoms with E-state index in [9.17, 15) is 5.11 Å². The first kappa shape index (κ1) is 22.4. The van der Waals surface area contributed by atoms with E-state index in [4.69, 9.17) is 9.15 Å². The fourth-order valence-corrected chi connectivity index (χ4v) is 3.98. The number of phenolic OH excluding ortho intramolecular Hbond substituents is 1. The minimum atomic E-state index is 0.0247. The minimum Gasteiger partial charge on any atom is -0.504 e. The highest BCUT2D eigenvalue weighted by molar-refractivity contribution is 9.13. The molecule has 0 bridgehead atoms. The van der Waals surface area contributed by atoms with Crippen molar-refractivity contribution in [2.45, 2.75) is 6.92 Å². The van der Waals surface area contributed by atoms with E-state index in [2.05, 4.69) is 41.8 Å². The van der Waals surface area contributed by atoms with E-state index in [0.717, 1.165) is 15.7 Å². The number of nitrogens with zero attached hydrogens (tertiary/aromatic N) is 3. The number of aromatic hydroxyl groups is 1. The minimum absolute atomic E-state index is 0.0247. The van der Waals surface area contributed by atoms with Crippen LogP contribution in [0.1, 0.15) is 12.5 Å². The fraction of sp³-hybridized carbons (Fsp3) is 0.167. The summed E-state index contributed by atoms with van der Waals surface area (Å²) in [6.45, 7) is 2.31. The number of phenols is 1. The van der Waals surface area contributed by atoms with E-state index in [1.807, 2.05) is 68.4 Å². The third-order valence-electron chi connectivity index (χ3n) is 4.84. The van der Waals surface area contributed by atoms with Crippen molar-refractivity contribution in [3.8, 4) is 23.0 Å². The number of benzene rings is 3. The van der Waals surface area contributed by atoms with Gasteiger partial charge in [0.2, 0.25) is 5.89 Å². The van der Waals surface area contributed by atoms with Crippen LogP contribution in [0.25, 0.3) is 22.6 Å². The van der Waals surface area contributed by atoms with Crippen LogP contribution in [-0.4, -0.2) is 37.0 Å². The summed E-state index contributed by atoms with van der Waals surface area (Å²) < 4.78 is 12.9. The second-order valence-corrected chi connectivity index (χ2v) is 8.88. The maximum Gasteiger partial charge on any atom is 0.227 e. The largest absolute Gasteiger partial charge is 0.504 e. The Labute approximate surface area is 202 Å². The molecule has 4 aromatic rings. The molecule has 0 atom stereocenters. The molecule has 1 aromatic heterocycles. The molecule has 0 unspecified atom stereocenters. The number of halogens is 2. The molecule has 1 N–H and O–H groups in total. The lowest BCUT2D eigenvalue weighted by Crippen LogP contribution is -2.07. The lowest BCUT2D eigenvalue weighted by molar-refractivity contribution is 0.317. The predicted octanol–water partition coefficient (Wildman–Crippen LogP) is 6.94. The Hall–Kier alpha value is -2.84.